The highest BCUT2D eigenvalue weighted by molar-refractivity contribution is 6.04. The number of carbonyl (C=O) groups is 1. The number of nitrogens with zero attached hydrogens (tertiary/aromatic N) is 2. The van der Waals surface area contributed by atoms with Crippen LogP contribution in [0.3, 0.4) is 0 Å². The molecule has 0 fully saturated rings. The van der Waals surface area contributed by atoms with Crippen LogP contribution in [0.5, 0.6) is 0 Å². The summed E-state index contributed by atoms with van der Waals surface area (Å²) in [6, 6.07) is 13.9. The van der Waals surface area contributed by atoms with Crippen molar-refractivity contribution in [2.24, 2.45) is 0 Å². The molecule has 1 N–H and O–H groups in total. The molecular formula is C19H19N3O. The fourth-order valence-electron chi connectivity index (χ4n) is 2.72. The third-order valence-electron chi connectivity index (χ3n) is 3.78. The van der Waals surface area contributed by atoms with E-state index in [9.17, 15) is 4.79 Å². The molecule has 1 amide bonds. The number of amides is 1. The molecule has 0 spiro atoms. The summed E-state index contributed by atoms with van der Waals surface area (Å²) in [5.41, 5.74) is 5.64. The molecule has 0 radical (unpaired) electrons. The zero-order valence-corrected chi connectivity index (χ0v) is 13.5. The van der Waals surface area contributed by atoms with Gasteiger partial charge in [-0.25, -0.2) is 4.68 Å². The van der Waals surface area contributed by atoms with E-state index >= 15 is 0 Å². The van der Waals surface area contributed by atoms with E-state index in [1.54, 1.807) is 17.1 Å². The fraction of sp³-hybridized carbons (Fsp3) is 0.158. The number of hydrogen-bond donors (Lipinski definition) is 1. The molecule has 1 heterocycles. The molecule has 0 saturated carbocycles. The molecular weight excluding hydrogens is 286 g/mol. The van der Waals surface area contributed by atoms with Crippen molar-refractivity contribution in [3.63, 3.8) is 0 Å². The molecule has 3 rings (SSSR count). The van der Waals surface area contributed by atoms with Gasteiger partial charge in [0.2, 0.25) is 0 Å². The van der Waals surface area contributed by atoms with Crippen LogP contribution in [-0.4, -0.2) is 15.7 Å². The molecule has 0 saturated heterocycles. The predicted molar refractivity (Wildman–Crippen MR) is 92.2 cm³/mol. The van der Waals surface area contributed by atoms with Gasteiger partial charge in [0.15, 0.2) is 0 Å². The van der Waals surface area contributed by atoms with E-state index in [1.165, 1.54) is 5.56 Å². The molecule has 0 unspecified atom stereocenters. The summed E-state index contributed by atoms with van der Waals surface area (Å²) >= 11 is 0. The van der Waals surface area contributed by atoms with Crippen LogP contribution in [-0.2, 0) is 0 Å². The highest BCUT2D eigenvalue weighted by atomic mass is 16.1. The second kappa shape index (κ2) is 6.08. The summed E-state index contributed by atoms with van der Waals surface area (Å²) in [5.74, 6) is -0.151. The maximum absolute atomic E-state index is 12.5. The van der Waals surface area contributed by atoms with E-state index in [0.717, 1.165) is 22.5 Å². The Morgan fingerprint density at radius 3 is 2.35 bits per heavy atom. The minimum absolute atomic E-state index is 0.151. The lowest BCUT2D eigenvalue weighted by molar-refractivity contribution is 0.102. The van der Waals surface area contributed by atoms with Crippen molar-refractivity contribution in [2.75, 3.05) is 5.32 Å². The number of nitrogens with one attached hydrogen (secondary N) is 1. The normalized spacial score (nSPS) is 10.6. The summed E-state index contributed by atoms with van der Waals surface area (Å²) in [6.07, 6.45) is 3.32. The van der Waals surface area contributed by atoms with Crippen molar-refractivity contribution in [3.05, 3.63) is 77.1 Å². The molecule has 2 aromatic carbocycles. The number of carbonyl (C=O) groups excluding carboxylic acids is 1. The van der Waals surface area contributed by atoms with Gasteiger partial charge in [-0.15, -0.1) is 0 Å². The first-order valence-electron chi connectivity index (χ1n) is 7.54. The van der Waals surface area contributed by atoms with Gasteiger partial charge in [0.05, 0.1) is 17.4 Å². The lowest BCUT2D eigenvalue weighted by Gasteiger charge is -2.12. The van der Waals surface area contributed by atoms with Gasteiger partial charge in [-0.2, -0.15) is 5.10 Å². The molecule has 0 aliphatic carbocycles. The van der Waals surface area contributed by atoms with Gasteiger partial charge >= 0.3 is 0 Å². The second-order valence-corrected chi connectivity index (χ2v) is 5.74. The topological polar surface area (TPSA) is 46.9 Å². The summed E-state index contributed by atoms with van der Waals surface area (Å²) in [4.78, 5) is 12.5. The van der Waals surface area contributed by atoms with Crippen LogP contribution in [0.1, 0.15) is 27.0 Å². The van der Waals surface area contributed by atoms with Gasteiger partial charge in [0.25, 0.3) is 5.91 Å². The van der Waals surface area contributed by atoms with Crippen LogP contribution in [0.15, 0.2) is 54.9 Å². The predicted octanol–water partition coefficient (Wildman–Crippen LogP) is 4.05. The average Bonchev–Trinajstić information content (AvgIpc) is 3.01. The number of hydrogen-bond acceptors (Lipinski definition) is 2. The molecule has 0 aliphatic rings. The van der Waals surface area contributed by atoms with Crippen molar-refractivity contribution < 1.29 is 4.79 Å². The minimum atomic E-state index is -0.151. The number of para-hydroxylation sites is 1. The van der Waals surface area contributed by atoms with Crippen LogP contribution < -0.4 is 5.32 Å². The van der Waals surface area contributed by atoms with Crippen LogP contribution in [0, 0.1) is 20.8 Å². The summed E-state index contributed by atoms with van der Waals surface area (Å²) < 4.78 is 1.70. The van der Waals surface area contributed by atoms with Gasteiger partial charge in [-0.3, -0.25) is 4.79 Å². The largest absolute Gasteiger partial charge is 0.321 e. The molecule has 0 atom stereocenters. The van der Waals surface area contributed by atoms with Gasteiger partial charge in [-0.05, 0) is 44.0 Å². The molecule has 23 heavy (non-hydrogen) atoms. The molecule has 0 aliphatic heterocycles. The highest BCUT2D eigenvalue weighted by Crippen LogP contribution is 2.22. The monoisotopic (exact) mass is 305 g/mol. The van der Waals surface area contributed by atoms with Gasteiger partial charge in [0.1, 0.15) is 0 Å². The number of aryl methyl sites for hydroxylation is 3. The lowest BCUT2D eigenvalue weighted by Crippen LogP contribution is -2.13. The first kappa shape index (κ1) is 15.0. The standard InChI is InChI=1S/C19H19N3O/c1-13-9-14(2)18(15(3)10-13)21-19(23)16-11-20-22(12-16)17-7-5-4-6-8-17/h4-12H,1-3H3,(H,21,23). The Kier molecular flexibility index (Phi) is 3.98. The molecule has 116 valence electrons. The Morgan fingerprint density at radius 2 is 1.70 bits per heavy atom. The second-order valence-electron chi connectivity index (χ2n) is 5.74. The lowest BCUT2D eigenvalue weighted by atomic mass is 10.0. The first-order valence-corrected chi connectivity index (χ1v) is 7.54. The Hall–Kier alpha value is -2.88. The van der Waals surface area contributed by atoms with Crippen molar-refractivity contribution in [2.45, 2.75) is 20.8 Å². The quantitative estimate of drug-likeness (QED) is 0.793. The molecule has 1 aromatic heterocycles. The van der Waals surface area contributed by atoms with Gasteiger partial charge in [-0.1, -0.05) is 35.9 Å². The van der Waals surface area contributed by atoms with Crippen molar-refractivity contribution in [1.82, 2.24) is 9.78 Å². The van der Waals surface area contributed by atoms with Crippen molar-refractivity contribution >= 4 is 11.6 Å². The SMILES string of the molecule is Cc1cc(C)c(NC(=O)c2cnn(-c3ccccc3)c2)c(C)c1. The Labute approximate surface area is 135 Å². The molecule has 0 bridgehead atoms. The van der Waals surface area contributed by atoms with E-state index in [1.807, 2.05) is 44.2 Å². The highest BCUT2D eigenvalue weighted by Gasteiger charge is 2.12. The molecule has 4 heteroatoms. The van der Waals surface area contributed by atoms with Crippen LogP contribution in [0.25, 0.3) is 5.69 Å². The molecule has 3 aromatic rings. The maximum atomic E-state index is 12.5. The number of anilines is 1. The van der Waals surface area contributed by atoms with Crippen molar-refractivity contribution in [3.8, 4) is 5.69 Å². The Bertz CT molecular complexity index is 827. The van der Waals surface area contributed by atoms with Crippen LogP contribution >= 0.6 is 0 Å². The smallest absolute Gasteiger partial charge is 0.258 e. The first-order chi connectivity index (χ1) is 11.0. The number of aromatic nitrogens is 2. The van der Waals surface area contributed by atoms with Gasteiger partial charge in [0, 0.05) is 11.9 Å². The summed E-state index contributed by atoms with van der Waals surface area (Å²) in [7, 11) is 0. The van der Waals surface area contributed by atoms with E-state index in [0.29, 0.717) is 5.56 Å². The average molecular weight is 305 g/mol. The van der Waals surface area contributed by atoms with Crippen LogP contribution in [0.2, 0.25) is 0 Å². The third kappa shape index (κ3) is 3.16. The third-order valence-corrected chi connectivity index (χ3v) is 3.78. The molecule has 4 nitrogen and oxygen atoms in total. The zero-order chi connectivity index (χ0) is 16.4. The van der Waals surface area contributed by atoms with Crippen LogP contribution in [0.4, 0.5) is 5.69 Å². The Balaban J connectivity index is 1.84. The van der Waals surface area contributed by atoms with Crippen molar-refractivity contribution in [1.29, 1.82) is 0 Å². The van der Waals surface area contributed by atoms with E-state index in [-0.39, 0.29) is 5.91 Å². The fourth-order valence-corrected chi connectivity index (χ4v) is 2.72. The summed E-state index contributed by atoms with van der Waals surface area (Å²) in [6.45, 7) is 6.06. The number of rotatable bonds is 3. The van der Waals surface area contributed by atoms with Gasteiger partial charge < -0.3 is 5.32 Å². The number of benzene rings is 2. The zero-order valence-electron chi connectivity index (χ0n) is 13.5. The van der Waals surface area contributed by atoms with E-state index in [2.05, 4.69) is 29.5 Å². The van der Waals surface area contributed by atoms with E-state index < -0.39 is 0 Å². The Morgan fingerprint density at radius 1 is 1.04 bits per heavy atom. The summed E-state index contributed by atoms with van der Waals surface area (Å²) in [5, 5.41) is 7.26. The maximum Gasteiger partial charge on any atom is 0.258 e. The van der Waals surface area contributed by atoms with E-state index in [4.69, 9.17) is 0 Å². The minimum Gasteiger partial charge on any atom is -0.321 e.